The van der Waals surface area contributed by atoms with E-state index >= 15 is 0 Å². The Bertz CT molecular complexity index is 99.0. The highest BCUT2D eigenvalue weighted by atomic mass is 19.3. The Morgan fingerprint density at radius 1 is 1.56 bits per heavy atom. The minimum absolute atomic E-state index is 0.123. The smallest absolute Gasteiger partial charge is 0.294 e. The second-order valence-corrected chi connectivity index (χ2v) is 2.22. The van der Waals surface area contributed by atoms with Crippen molar-refractivity contribution in [3.63, 3.8) is 0 Å². The lowest BCUT2D eigenvalue weighted by molar-refractivity contribution is -0.0179. The summed E-state index contributed by atoms with van der Waals surface area (Å²) >= 11 is 0. The molecule has 1 aliphatic heterocycles. The molecule has 9 heavy (non-hydrogen) atoms. The molecule has 0 saturated carbocycles. The maximum absolute atomic E-state index is 11.7. The molecule has 1 saturated heterocycles. The summed E-state index contributed by atoms with van der Waals surface area (Å²) in [4.78, 5) is 0.963. The third-order valence-electron chi connectivity index (χ3n) is 1.47. The molecule has 2 nitrogen and oxygen atoms in total. The molecule has 4 heteroatoms. The van der Waals surface area contributed by atoms with E-state index in [1.165, 1.54) is 0 Å². The van der Waals surface area contributed by atoms with Crippen LogP contribution in [0.1, 0.15) is 6.42 Å². The number of likely N-dealkylation sites (tertiary alicyclic amines) is 1. The molecular weight excluding hydrogens is 128 g/mol. The molecule has 1 unspecified atom stereocenters. The maximum Gasteiger partial charge on any atom is 0.294 e. The second-order valence-electron chi connectivity index (χ2n) is 2.22. The van der Waals surface area contributed by atoms with Crippen LogP contribution in [-0.2, 0) is 0 Å². The van der Waals surface area contributed by atoms with E-state index in [4.69, 9.17) is 5.11 Å². The summed E-state index contributed by atoms with van der Waals surface area (Å²) in [6, 6.07) is 0. The molecule has 1 heterocycles. The van der Waals surface area contributed by atoms with Crippen molar-refractivity contribution in [3.8, 4) is 0 Å². The van der Waals surface area contributed by atoms with Gasteiger partial charge < -0.3 is 5.11 Å². The highest BCUT2D eigenvalue weighted by Crippen LogP contribution is 2.13. The molecule has 1 atom stereocenters. The molecule has 1 rings (SSSR count). The van der Waals surface area contributed by atoms with Crippen LogP contribution in [0.25, 0.3) is 0 Å². The first kappa shape index (κ1) is 6.89. The van der Waals surface area contributed by atoms with Gasteiger partial charge in [0.15, 0.2) is 0 Å². The first-order valence-electron chi connectivity index (χ1n) is 2.90. The van der Waals surface area contributed by atoms with Crippen molar-refractivity contribution >= 4 is 0 Å². The minimum atomic E-state index is -2.40. The number of β-amino-alcohol motifs (C(OH)–C–C–N with tert-alkyl or cyclic N) is 1. The Labute approximate surface area is 52.1 Å². The summed E-state index contributed by atoms with van der Waals surface area (Å²) in [5, 5.41) is 8.77. The summed E-state index contributed by atoms with van der Waals surface area (Å²) in [6.45, 7) is -1.96. The number of rotatable bonds is 1. The van der Waals surface area contributed by atoms with Gasteiger partial charge in [-0.25, -0.2) is 4.90 Å². The van der Waals surface area contributed by atoms with Crippen LogP contribution in [-0.4, -0.2) is 35.7 Å². The number of halogens is 2. The number of aliphatic hydroxyl groups excluding tert-OH is 1. The van der Waals surface area contributed by atoms with E-state index < -0.39 is 12.7 Å². The predicted molar refractivity (Wildman–Crippen MR) is 28.2 cm³/mol. The van der Waals surface area contributed by atoms with Crippen LogP contribution in [0.15, 0.2) is 0 Å². The molecule has 0 amide bonds. The average molecular weight is 137 g/mol. The van der Waals surface area contributed by atoms with Gasteiger partial charge in [0, 0.05) is 13.1 Å². The van der Waals surface area contributed by atoms with Crippen molar-refractivity contribution in [1.29, 1.82) is 0 Å². The fourth-order valence-electron chi connectivity index (χ4n) is 0.945. The van der Waals surface area contributed by atoms with Crippen LogP contribution < -0.4 is 0 Å². The van der Waals surface area contributed by atoms with E-state index in [1.807, 2.05) is 0 Å². The highest BCUT2D eigenvalue weighted by molar-refractivity contribution is 4.72. The summed E-state index contributed by atoms with van der Waals surface area (Å²) in [7, 11) is 0. The molecule has 0 aromatic heterocycles. The fourth-order valence-corrected chi connectivity index (χ4v) is 0.945. The number of aliphatic hydroxyl groups is 1. The molecule has 0 aromatic rings. The van der Waals surface area contributed by atoms with E-state index in [1.54, 1.807) is 0 Å². The van der Waals surface area contributed by atoms with Crippen molar-refractivity contribution in [3.05, 3.63) is 0 Å². The molecule has 0 aromatic carbocycles. The Morgan fingerprint density at radius 3 is 2.44 bits per heavy atom. The van der Waals surface area contributed by atoms with Gasteiger partial charge in [-0.2, -0.15) is 8.78 Å². The zero-order chi connectivity index (χ0) is 6.85. The summed E-state index contributed by atoms with van der Waals surface area (Å²) in [6.07, 6.45) is -0.0661. The monoisotopic (exact) mass is 137 g/mol. The molecule has 0 bridgehead atoms. The zero-order valence-electron chi connectivity index (χ0n) is 4.93. The van der Waals surface area contributed by atoms with E-state index in [9.17, 15) is 8.78 Å². The molecule has 0 radical (unpaired) electrons. The van der Waals surface area contributed by atoms with Crippen molar-refractivity contribution in [2.75, 3.05) is 13.1 Å². The third-order valence-corrected chi connectivity index (χ3v) is 1.47. The number of alkyl halides is 2. The van der Waals surface area contributed by atoms with Gasteiger partial charge in [-0.3, -0.25) is 0 Å². The Hall–Kier alpha value is -0.220. The lowest BCUT2D eigenvalue weighted by atomic mass is 10.3. The van der Waals surface area contributed by atoms with Crippen LogP contribution >= 0.6 is 0 Å². The molecule has 1 aliphatic rings. The summed E-state index contributed by atoms with van der Waals surface area (Å²) in [5.41, 5.74) is 0. The average Bonchev–Trinajstić information content (AvgIpc) is 2.14. The number of hydrogen-bond acceptors (Lipinski definition) is 2. The molecule has 0 aliphatic carbocycles. The van der Waals surface area contributed by atoms with Crippen LogP contribution in [0.2, 0.25) is 0 Å². The van der Waals surface area contributed by atoms with Gasteiger partial charge in [0.2, 0.25) is 0 Å². The lowest BCUT2D eigenvalue weighted by Crippen LogP contribution is -2.27. The van der Waals surface area contributed by atoms with E-state index in [0.717, 1.165) is 4.90 Å². The first-order valence-corrected chi connectivity index (χ1v) is 2.90. The van der Waals surface area contributed by atoms with E-state index in [2.05, 4.69) is 0 Å². The largest absolute Gasteiger partial charge is 0.392 e. The zero-order valence-corrected chi connectivity index (χ0v) is 4.93. The van der Waals surface area contributed by atoms with Gasteiger partial charge in [-0.15, -0.1) is 0 Å². The van der Waals surface area contributed by atoms with Crippen LogP contribution in [0.3, 0.4) is 0 Å². The van der Waals surface area contributed by atoms with Crippen LogP contribution in [0, 0.1) is 0 Å². The topological polar surface area (TPSA) is 23.5 Å². The Morgan fingerprint density at radius 2 is 2.22 bits per heavy atom. The van der Waals surface area contributed by atoms with E-state index in [0.29, 0.717) is 13.0 Å². The maximum atomic E-state index is 11.7. The number of hydrogen-bond donors (Lipinski definition) is 1. The van der Waals surface area contributed by atoms with E-state index in [-0.39, 0.29) is 6.54 Å². The van der Waals surface area contributed by atoms with Crippen molar-refractivity contribution in [1.82, 2.24) is 4.90 Å². The normalized spacial score (nSPS) is 30.0. The Balaban J connectivity index is 2.30. The highest BCUT2D eigenvalue weighted by Gasteiger charge is 2.25. The summed E-state index contributed by atoms with van der Waals surface area (Å²) in [5.74, 6) is 0. The van der Waals surface area contributed by atoms with Crippen LogP contribution in [0.4, 0.5) is 8.78 Å². The molecule has 54 valence electrons. The molecule has 1 fully saturated rings. The van der Waals surface area contributed by atoms with Gasteiger partial charge in [0.1, 0.15) is 0 Å². The van der Waals surface area contributed by atoms with Gasteiger partial charge >= 0.3 is 0 Å². The van der Waals surface area contributed by atoms with Gasteiger partial charge in [-0.1, -0.05) is 0 Å². The standard InChI is InChI=1S/C5H9F2NO/c6-5(7)8-2-1-4(9)3-8/h4-5,9H,1-3H2. The van der Waals surface area contributed by atoms with Crippen molar-refractivity contribution in [2.45, 2.75) is 19.1 Å². The van der Waals surface area contributed by atoms with Gasteiger partial charge in [0.25, 0.3) is 6.55 Å². The van der Waals surface area contributed by atoms with Crippen LogP contribution in [0.5, 0.6) is 0 Å². The summed E-state index contributed by atoms with van der Waals surface area (Å²) < 4.78 is 23.5. The van der Waals surface area contributed by atoms with Crippen molar-refractivity contribution < 1.29 is 13.9 Å². The first-order chi connectivity index (χ1) is 4.20. The SMILES string of the molecule is OC1CCN(C(F)F)C1. The van der Waals surface area contributed by atoms with Gasteiger partial charge in [-0.05, 0) is 6.42 Å². The van der Waals surface area contributed by atoms with Crippen molar-refractivity contribution in [2.24, 2.45) is 0 Å². The second kappa shape index (κ2) is 2.58. The minimum Gasteiger partial charge on any atom is -0.392 e. The quantitative estimate of drug-likeness (QED) is 0.524. The number of nitrogens with zero attached hydrogens (tertiary/aromatic N) is 1. The molecule has 0 spiro atoms. The predicted octanol–water partition coefficient (Wildman–Crippen LogP) is 0.276. The van der Waals surface area contributed by atoms with Gasteiger partial charge in [0.05, 0.1) is 6.10 Å². The lowest BCUT2D eigenvalue weighted by Gasteiger charge is -2.11. The fraction of sp³-hybridized carbons (Fsp3) is 1.00. The third kappa shape index (κ3) is 1.59. The Kier molecular flexibility index (Phi) is 1.97. The molecular formula is C5H9F2NO. The molecule has 1 N–H and O–H groups in total.